The van der Waals surface area contributed by atoms with Gasteiger partial charge in [0.1, 0.15) is 0 Å². The first-order chi connectivity index (χ1) is 8.17. The number of carbonyl (C=O) groups excluding carboxylic acids is 1. The summed E-state index contributed by atoms with van der Waals surface area (Å²) < 4.78 is 6.45. The normalized spacial score (nSPS) is 17.3. The Bertz CT molecular complexity index is 410. The molecule has 0 aliphatic heterocycles. The molecule has 2 rings (SSSR count). The van der Waals surface area contributed by atoms with E-state index in [1.54, 1.807) is 7.11 Å². The molecule has 0 spiro atoms. The molecule has 1 fully saturated rings. The number of benzene rings is 1. The van der Waals surface area contributed by atoms with Gasteiger partial charge in [-0.25, -0.2) is 0 Å². The second kappa shape index (κ2) is 5.35. The van der Waals surface area contributed by atoms with Crippen LogP contribution in [0.25, 0.3) is 0 Å². The Hall–Kier alpha value is -0.620. The van der Waals surface area contributed by atoms with Crippen LogP contribution in [0.15, 0.2) is 24.3 Å². The number of amides is 1. The molecule has 4 heteroatoms. The SMILES string of the molecule is COC1(CNC(=O)c2ccccc2I)CCC1. The van der Waals surface area contributed by atoms with Gasteiger partial charge in [-0.05, 0) is 54.0 Å². The van der Waals surface area contributed by atoms with Gasteiger partial charge in [-0.2, -0.15) is 0 Å². The van der Waals surface area contributed by atoms with Crippen LogP contribution < -0.4 is 5.32 Å². The molecule has 0 saturated heterocycles. The predicted octanol–water partition coefficient (Wildman–Crippen LogP) is 2.59. The van der Waals surface area contributed by atoms with E-state index in [1.165, 1.54) is 6.42 Å². The number of hydrogen-bond donors (Lipinski definition) is 1. The van der Waals surface area contributed by atoms with Crippen molar-refractivity contribution in [3.8, 4) is 0 Å². The zero-order valence-electron chi connectivity index (χ0n) is 9.83. The fourth-order valence-corrected chi connectivity index (χ4v) is 2.64. The van der Waals surface area contributed by atoms with Crippen LogP contribution in [-0.4, -0.2) is 25.2 Å². The van der Waals surface area contributed by atoms with Crippen LogP contribution in [0, 0.1) is 3.57 Å². The van der Waals surface area contributed by atoms with Crippen LogP contribution in [0.4, 0.5) is 0 Å². The van der Waals surface area contributed by atoms with Crippen LogP contribution in [0.3, 0.4) is 0 Å². The monoisotopic (exact) mass is 345 g/mol. The van der Waals surface area contributed by atoms with Gasteiger partial charge in [0.25, 0.3) is 5.91 Å². The first kappa shape index (κ1) is 12.8. The standard InChI is InChI=1S/C13H16INO2/c1-17-13(7-4-8-13)9-15-12(16)10-5-2-3-6-11(10)14/h2-3,5-6H,4,7-9H2,1H3,(H,15,16). The van der Waals surface area contributed by atoms with Crippen LogP contribution in [0.2, 0.25) is 0 Å². The van der Waals surface area contributed by atoms with Gasteiger partial charge >= 0.3 is 0 Å². The molecule has 1 N–H and O–H groups in total. The number of methoxy groups -OCH3 is 1. The van der Waals surface area contributed by atoms with Gasteiger partial charge in [0.15, 0.2) is 0 Å². The van der Waals surface area contributed by atoms with E-state index in [0.717, 1.165) is 22.0 Å². The van der Waals surface area contributed by atoms with Crippen molar-refractivity contribution in [1.82, 2.24) is 5.32 Å². The van der Waals surface area contributed by atoms with Gasteiger partial charge in [-0.1, -0.05) is 12.1 Å². The molecular weight excluding hydrogens is 329 g/mol. The van der Waals surface area contributed by atoms with E-state index in [4.69, 9.17) is 4.74 Å². The third kappa shape index (κ3) is 2.80. The molecule has 17 heavy (non-hydrogen) atoms. The van der Waals surface area contributed by atoms with Crippen molar-refractivity contribution in [2.75, 3.05) is 13.7 Å². The minimum absolute atomic E-state index is 0.0154. The summed E-state index contributed by atoms with van der Waals surface area (Å²) in [6.45, 7) is 0.604. The fraction of sp³-hybridized carbons (Fsp3) is 0.462. The van der Waals surface area contributed by atoms with E-state index in [-0.39, 0.29) is 11.5 Å². The zero-order chi connectivity index (χ0) is 12.3. The van der Waals surface area contributed by atoms with E-state index in [1.807, 2.05) is 24.3 Å². The summed E-state index contributed by atoms with van der Waals surface area (Å²) in [6, 6.07) is 7.59. The lowest BCUT2D eigenvalue weighted by Gasteiger charge is -2.40. The van der Waals surface area contributed by atoms with Crippen molar-refractivity contribution >= 4 is 28.5 Å². The smallest absolute Gasteiger partial charge is 0.252 e. The van der Waals surface area contributed by atoms with Crippen molar-refractivity contribution in [3.05, 3.63) is 33.4 Å². The van der Waals surface area contributed by atoms with Gasteiger partial charge in [0.2, 0.25) is 0 Å². The summed E-state index contributed by atoms with van der Waals surface area (Å²) in [7, 11) is 1.72. The van der Waals surface area contributed by atoms with E-state index in [2.05, 4.69) is 27.9 Å². The summed E-state index contributed by atoms with van der Waals surface area (Å²) in [5.41, 5.74) is 0.620. The number of nitrogens with one attached hydrogen (secondary N) is 1. The molecular formula is C13H16INO2. The molecule has 0 bridgehead atoms. The maximum Gasteiger partial charge on any atom is 0.252 e. The Kier molecular flexibility index (Phi) is 4.04. The highest BCUT2D eigenvalue weighted by Gasteiger charge is 2.37. The average Bonchev–Trinajstić information content (AvgIpc) is 2.28. The number of carbonyl (C=O) groups is 1. The number of rotatable bonds is 4. The summed E-state index contributed by atoms with van der Waals surface area (Å²) in [6.07, 6.45) is 3.26. The molecule has 3 nitrogen and oxygen atoms in total. The van der Waals surface area contributed by atoms with Crippen molar-refractivity contribution in [1.29, 1.82) is 0 Å². The minimum Gasteiger partial charge on any atom is -0.376 e. The number of hydrogen-bond acceptors (Lipinski definition) is 2. The molecule has 0 heterocycles. The fourth-order valence-electron chi connectivity index (χ4n) is 2.01. The third-order valence-corrected chi connectivity index (χ3v) is 4.33. The second-order valence-electron chi connectivity index (χ2n) is 4.40. The molecule has 1 aromatic rings. The largest absolute Gasteiger partial charge is 0.376 e. The molecule has 1 aromatic carbocycles. The van der Waals surface area contributed by atoms with Crippen molar-refractivity contribution in [2.45, 2.75) is 24.9 Å². The Morgan fingerprint density at radius 3 is 2.71 bits per heavy atom. The highest BCUT2D eigenvalue weighted by molar-refractivity contribution is 14.1. The Morgan fingerprint density at radius 2 is 2.18 bits per heavy atom. The molecule has 1 saturated carbocycles. The molecule has 0 aromatic heterocycles. The van der Waals surface area contributed by atoms with Crippen LogP contribution in [0.1, 0.15) is 29.6 Å². The lowest BCUT2D eigenvalue weighted by Crippen LogP contribution is -2.49. The lowest BCUT2D eigenvalue weighted by molar-refractivity contribution is -0.0679. The summed E-state index contributed by atoms with van der Waals surface area (Å²) in [5, 5.41) is 2.96. The van der Waals surface area contributed by atoms with Crippen LogP contribution >= 0.6 is 22.6 Å². The highest BCUT2D eigenvalue weighted by Crippen LogP contribution is 2.34. The maximum absolute atomic E-state index is 12.0. The van der Waals surface area contributed by atoms with Crippen LogP contribution in [-0.2, 0) is 4.74 Å². The first-order valence-corrected chi connectivity index (χ1v) is 6.83. The van der Waals surface area contributed by atoms with E-state index >= 15 is 0 Å². The molecule has 1 aliphatic carbocycles. The Labute approximate surface area is 115 Å². The first-order valence-electron chi connectivity index (χ1n) is 5.75. The summed E-state index contributed by atoms with van der Waals surface area (Å²) in [4.78, 5) is 12.0. The van der Waals surface area contributed by atoms with Gasteiger partial charge in [-0.15, -0.1) is 0 Å². The van der Waals surface area contributed by atoms with Crippen molar-refractivity contribution < 1.29 is 9.53 Å². The average molecular weight is 345 g/mol. The van der Waals surface area contributed by atoms with E-state index in [0.29, 0.717) is 6.54 Å². The van der Waals surface area contributed by atoms with Crippen molar-refractivity contribution in [3.63, 3.8) is 0 Å². The highest BCUT2D eigenvalue weighted by atomic mass is 127. The topological polar surface area (TPSA) is 38.3 Å². The van der Waals surface area contributed by atoms with Crippen molar-refractivity contribution in [2.24, 2.45) is 0 Å². The molecule has 0 atom stereocenters. The lowest BCUT2D eigenvalue weighted by atomic mass is 9.80. The summed E-state index contributed by atoms with van der Waals surface area (Å²) >= 11 is 2.18. The molecule has 1 amide bonds. The second-order valence-corrected chi connectivity index (χ2v) is 5.57. The number of halogens is 1. The zero-order valence-corrected chi connectivity index (χ0v) is 12.0. The van der Waals surface area contributed by atoms with Gasteiger partial charge in [0.05, 0.1) is 11.2 Å². The van der Waals surface area contributed by atoms with Gasteiger partial charge in [0, 0.05) is 17.2 Å². The maximum atomic E-state index is 12.0. The predicted molar refractivity (Wildman–Crippen MR) is 75.1 cm³/mol. The Morgan fingerprint density at radius 1 is 1.47 bits per heavy atom. The molecule has 92 valence electrons. The van der Waals surface area contributed by atoms with Gasteiger partial charge in [-0.3, -0.25) is 4.79 Å². The minimum atomic E-state index is -0.115. The summed E-state index contributed by atoms with van der Waals surface area (Å²) in [5.74, 6) is -0.0154. The Balaban J connectivity index is 1.96. The quantitative estimate of drug-likeness (QED) is 0.852. The molecule has 1 aliphatic rings. The number of ether oxygens (including phenoxy) is 1. The third-order valence-electron chi connectivity index (χ3n) is 3.39. The van der Waals surface area contributed by atoms with Crippen LogP contribution in [0.5, 0.6) is 0 Å². The van der Waals surface area contributed by atoms with E-state index in [9.17, 15) is 4.79 Å². The molecule has 0 radical (unpaired) electrons. The van der Waals surface area contributed by atoms with E-state index < -0.39 is 0 Å². The molecule has 0 unspecified atom stereocenters. The van der Waals surface area contributed by atoms with Gasteiger partial charge < -0.3 is 10.1 Å².